The fourth-order valence-electron chi connectivity index (χ4n) is 1.90. The van der Waals surface area contributed by atoms with E-state index in [4.69, 9.17) is 4.74 Å². The third-order valence-corrected chi connectivity index (χ3v) is 4.80. The average Bonchev–Trinajstić information content (AvgIpc) is 2.32. The van der Waals surface area contributed by atoms with Crippen LogP contribution in [-0.2, 0) is 14.8 Å². The summed E-state index contributed by atoms with van der Waals surface area (Å²) in [6.45, 7) is 5.99. The molecule has 1 heterocycles. The minimum absolute atomic E-state index is 0.0859. The van der Waals surface area contributed by atoms with Crippen molar-refractivity contribution in [1.82, 2.24) is 9.62 Å². The van der Waals surface area contributed by atoms with Gasteiger partial charge in [0.05, 0.1) is 10.9 Å². The van der Waals surface area contributed by atoms with Crippen LogP contribution < -0.4 is 5.32 Å². The first-order chi connectivity index (χ1) is 9.72. The normalized spacial score (nSPS) is 16.1. The van der Waals surface area contributed by atoms with Crippen LogP contribution in [0.2, 0.25) is 0 Å². The van der Waals surface area contributed by atoms with E-state index < -0.39 is 27.8 Å². The molecule has 1 fully saturated rings. The van der Waals surface area contributed by atoms with Gasteiger partial charge >= 0.3 is 6.09 Å². The van der Waals surface area contributed by atoms with E-state index in [0.717, 1.165) is 4.31 Å². The van der Waals surface area contributed by atoms with Gasteiger partial charge < -0.3 is 10.1 Å². The quantitative estimate of drug-likeness (QED) is 0.917. The van der Waals surface area contributed by atoms with Crippen LogP contribution in [0.5, 0.6) is 0 Å². The summed E-state index contributed by atoms with van der Waals surface area (Å²) in [5.41, 5.74) is -0.751. The molecule has 1 aromatic rings. The highest BCUT2D eigenvalue weighted by Crippen LogP contribution is 2.23. The molecule has 1 saturated heterocycles. The molecule has 0 aromatic heterocycles. The number of carbonyl (C=O) groups excluding carboxylic acids is 1. The van der Waals surface area contributed by atoms with Gasteiger partial charge in [0, 0.05) is 13.1 Å². The fourth-order valence-corrected chi connectivity index (χ4v) is 3.40. The topological polar surface area (TPSA) is 75.7 Å². The molecule has 0 saturated carbocycles. The molecule has 1 aliphatic rings. The van der Waals surface area contributed by atoms with Crippen LogP contribution in [-0.4, -0.2) is 43.5 Å². The number of nitrogens with one attached hydrogen (secondary N) is 1. The molecule has 6 nitrogen and oxygen atoms in total. The van der Waals surface area contributed by atoms with Crippen LogP contribution >= 0.6 is 0 Å². The van der Waals surface area contributed by atoms with E-state index in [1.165, 1.54) is 12.1 Å². The van der Waals surface area contributed by atoms with Crippen molar-refractivity contribution in [1.29, 1.82) is 0 Å². The Balaban J connectivity index is 2.34. The Bertz CT molecular complexity index is 604. The summed E-state index contributed by atoms with van der Waals surface area (Å²) in [4.78, 5) is 12.4. The summed E-state index contributed by atoms with van der Waals surface area (Å²) >= 11 is 0. The Kier molecular flexibility index (Phi) is 4.25. The molecule has 1 N–H and O–H groups in total. The summed E-state index contributed by atoms with van der Waals surface area (Å²) in [5.74, 6) is 0. The molecule has 0 atom stereocenters. The molecule has 0 aliphatic carbocycles. The minimum Gasteiger partial charge on any atom is -0.443 e. The molecule has 0 bridgehead atoms. The highest BCUT2D eigenvalue weighted by Gasteiger charge is 2.41. The van der Waals surface area contributed by atoms with E-state index in [2.05, 4.69) is 5.32 Å². The Morgan fingerprint density at radius 2 is 1.81 bits per heavy atom. The van der Waals surface area contributed by atoms with E-state index >= 15 is 0 Å². The first-order valence-corrected chi connectivity index (χ1v) is 8.19. The van der Waals surface area contributed by atoms with Crippen molar-refractivity contribution in [2.45, 2.75) is 37.3 Å². The van der Waals surface area contributed by atoms with Crippen LogP contribution in [0.15, 0.2) is 35.2 Å². The van der Waals surface area contributed by atoms with Crippen LogP contribution in [0.3, 0.4) is 0 Å². The second kappa shape index (κ2) is 5.65. The predicted molar refractivity (Wildman–Crippen MR) is 78.4 cm³/mol. The molecule has 21 heavy (non-hydrogen) atoms. The molecule has 0 radical (unpaired) electrons. The van der Waals surface area contributed by atoms with Crippen molar-refractivity contribution in [2.24, 2.45) is 0 Å². The van der Waals surface area contributed by atoms with Crippen molar-refractivity contribution in [2.75, 3.05) is 13.1 Å². The second-order valence-corrected chi connectivity index (χ2v) is 7.72. The van der Waals surface area contributed by atoms with Gasteiger partial charge in [0.1, 0.15) is 5.60 Å². The first-order valence-electron chi connectivity index (χ1n) is 6.75. The van der Waals surface area contributed by atoms with E-state index in [9.17, 15) is 13.2 Å². The predicted octanol–water partition coefficient (Wildman–Crippen LogP) is 1.58. The lowest BCUT2D eigenvalue weighted by Crippen LogP contribution is -2.61. The number of ether oxygens (including phenoxy) is 1. The molecule has 1 aliphatic heterocycles. The van der Waals surface area contributed by atoms with Gasteiger partial charge in [-0.15, -0.1) is 0 Å². The summed E-state index contributed by atoms with van der Waals surface area (Å²) in [6.07, 6.45) is -0.835. The number of rotatable bonds is 3. The zero-order valence-electron chi connectivity index (χ0n) is 12.4. The van der Waals surface area contributed by atoms with Gasteiger partial charge in [-0.25, -0.2) is 13.2 Å². The SMILES string of the molecule is CC(C)(C)OC(=O)N(C1CNC1)S(=O)(=O)c1ccccc1. The fraction of sp³-hybridized carbons (Fsp3) is 0.500. The molecular formula is C14H20N2O4S. The van der Waals surface area contributed by atoms with Crippen molar-refractivity contribution >= 4 is 16.1 Å². The number of amides is 1. The third-order valence-electron chi connectivity index (χ3n) is 2.97. The number of benzene rings is 1. The standard InChI is InChI=1S/C14H20N2O4S/c1-14(2,3)20-13(17)16(11-9-15-10-11)21(18,19)12-7-5-4-6-8-12/h4-8,11,15H,9-10H2,1-3H3. The molecule has 0 unspecified atom stereocenters. The summed E-state index contributed by atoms with van der Waals surface area (Å²) in [6, 6.07) is 7.50. The lowest BCUT2D eigenvalue weighted by Gasteiger charge is -2.37. The Morgan fingerprint density at radius 3 is 2.24 bits per heavy atom. The zero-order valence-corrected chi connectivity index (χ0v) is 13.2. The van der Waals surface area contributed by atoms with Crippen molar-refractivity contribution in [3.8, 4) is 0 Å². The van der Waals surface area contributed by atoms with Crippen molar-refractivity contribution in [3.05, 3.63) is 30.3 Å². The molecule has 0 spiro atoms. The van der Waals surface area contributed by atoms with E-state index in [-0.39, 0.29) is 4.90 Å². The lowest BCUT2D eigenvalue weighted by molar-refractivity contribution is 0.0304. The van der Waals surface area contributed by atoms with Gasteiger partial charge in [-0.1, -0.05) is 18.2 Å². The first kappa shape index (κ1) is 15.8. The lowest BCUT2D eigenvalue weighted by atomic mass is 10.2. The monoisotopic (exact) mass is 312 g/mol. The van der Waals surface area contributed by atoms with Crippen molar-refractivity contribution < 1.29 is 17.9 Å². The third kappa shape index (κ3) is 3.54. The van der Waals surface area contributed by atoms with Gasteiger partial charge in [-0.05, 0) is 32.9 Å². The van der Waals surface area contributed by atoms with Gasteiger partial charge in [-0.2, -0.15) is 4.31 Å². The number of nitrogens with zero attached hydrogens (tertiary/aromatic N) is 1. The molecule has 1 amide bonds. The number of carbonyl (C=O) groups is 1. The summed E-state index contributed by atoms with van der Waals surface area (Å²) in [5, 5.41) is 2.97. The highest BCUT2D eigenvalue weighted by molar-refractivity contribution is 7.89. The average molecular weight is 312 g/mol. The molecule has 116 valence electrons. The van der Waals surface area contributed by atoms with Crippen LogP contribution in [0.4, 0.5) is 4.79 Å². The number of hydrogen-bond acceptors (Lipinski definition) is 5. The van der Waals surface area contributed by atoms with Gasteiger partial charge in [0.25, 0.3) is 10.0 Å². The minimum atomic E-state index is -3.91. The number of sulfonamides is 1. The molecular weight excluding hydrogens is 292 g/mol. The van der Waals surface area contributed by atoms with E-state index in [1.54, 1.807) is 39.0 Å². The maximum Gasteiger partial charge on any atom is 0.424 e. The summed E-state index contributed by atoms with van der Waals surface area (Å²) in [7, 11) is -3.91. The smallest absolute Gasteiger partial charge is 0.424 e. The number of hydrogen-bond donors (Lipinski definition) is 1. The largest absolute Gasteiger partial charge is 0.443 e. The van der Waals surface area contributed by atoms with Crippen LogP contribution in [0.1, 0.15) is 20.8 Å². The van der Waals surface area contributed by atoms with E-state index in [1.807, 2.05) is 0 Å². The Labute approximate surface area is 125 Å². The molecule has 1 aromatic carbocycles. The maximum absolute atomic E-state index is 12.7. The van der Waals surface area contributed by atoms with Crippen LogP contribution in [0.25, 0.3) is 0 Å². The maximum atomic E-state index is 12.7. The van der Waals surface area contributed by atoms with Crippen LogP contribution in [0, 0.1) is 0 Å². The highest BCUT2D eigenvalue weighted by atomic mass is 32.2. The zero-order chi connectivity index (χ0) is 15.7. The Morgan fingerprint density at radius 1 is 1.24 bits per heavy atom. The van der Waals surface area contributed by atoms with Gasteiger partial charge in [0.2, 0.25) is 0 Å². The van der Waals surface area contributed by atoms with Gasteiger partial charge in [-0.3, -0.25) is 0 Å². The van der Waals surface area contributed by atoms with Gasteiger partial charge in [0.15, 0.2) is 0 Å². The summed E-state index contributed by atoms with van der Waals surface area (Å²) < 4.78 is 31.5. The molecule has 2 rings (SSSR count). The van der Waals surface area contributed by atoms with E-state index in [0.29, 0.717) is 13.1 Å². The van der Waals surface area contributed by atoms with Crippen molar-refractivity contribution in [3.63, 3.8) is 0 Å². The Hall–Kier alpha value is -1.60. The second-order valence-electron chi connectivity index (χ2n) is 5.91. The molecule has 7 heteroatoms.